The molecule has 1 N–H and O–H groups in total. The SMILES string of the molecule is C[Si](C)(NC(=O)c1ccccc1)c1ccccc1. The second-order valence-electron chi connectivity index (χ2n) is 4.81. The predicted molar refractivity (Wildman–Crippen MR) is 77.5 cm³/mol. The van der Waals surface area contributed by atoms with Crippen molar-refractivity contribution in [1.82, 2.24) is 4.98 Å². The van der Waals surface area contributed by atoms with Crippen LogP contribution in [0.1, 0.15) is 10.4 Å². The van der Waals surface area contributed by atoms with Gasteiger partial charge in [-0.2, -0.15) is 0 Å². The number of benzene rings is 2. The highest BCUT2D eigenvalue weighted by Crippen LogP contribution is 2.03. The molecule has 0 heterocycles. The molecule has 0 atom stereocenters. The van der Waals surface area contributed by atoms with Crippen molar-refractivity contribution in [3.8, 4) is 0 Å². The number of hydrogen-bond acceptors (Lipinski definition) is 1. The van der Waals surface area contributed by atoms with E-state index in [1.165, 1.54) is 5.19 Å². The van der Waals surface area contributed by atoms with Gasteiger partial charge in [0.25, 0.3) is 0 Å². The fourth-order valence-electron chi connectivity index (χ4n) is 1.87. The van der Waals surface area contributed by atoms with Crippen molar-refractivity contribution in [3.05, 3.63) is 66.2 Å². The van der Waals surface area contributed by atoms with Crippen LogP contribution in [0.15, 0.2) is 60.7 Å². The first kappa shape index (κ1) is 12.6. The first-order valence-corrected chi connectivity index (χ1v) is 9.03. The second kappa shape index (κ2) is 5.19. The molecule has 92 valence electrons. The molecule has 0 spiro atoms. The van der Waals surface area contributed by atoms with Gasteiger partial charge in [0, 0.05) is 5.56 Å². The standard InChI is InChI=1S/C15H17NOSi/c1-18(2,14-11-7-4-8-12-14)16-15(17)13-9-5-3-6-10-13/h3-12H,1-2H3,(H,16,17). The summed E-state index contributed by atoms with van der Waals surface area (Å²) in [5.74, 6) is 0.0103. The smallest absolute Gasteiger partial charge is 0.243 e. The van der Waals surface area contributed by atoms with Crippen LogP contribution in [0.25, 0.3) is 0 Å². The lowest BCUT2D eigenvalue weighted by Gasteiger charge is -2.24. The van der Waals surface area contributed by atoms with E-state index in [0.29, 0.717) is 5.56 Å². The minimum Gasteiger partial charge on any atom is -0.374 e. The zero-order valence-electron chi connectivity index (χ0n) is 10.7. The summed E-state index contributed by atoms with van der Waals surface area (Å²) in [5.41, 5.74) is 0.717. The Balaban J connectivity index is 2.17. The first-order valence-electron chi connectivity index (χ1n) is 6.03. The quantitative estimate of drug-likeness (QED) is 0.839. The molecule has 0 saturated carbocycles. The summed E-state index contributed by atoms with van der Waals surface area (Å²) in [6.45, 7) is 4.28. The highest BCUT2D eigenvalue weighted by atomic mass is 28.3. The zero-order valence-corrected chi connectivity index (χ0v) is 11.7. The molecule has 0 fully saturated rings. The van der Waals surface area contributed by atoms with Gasteiger partial charge in [-0.1, -0.05) is 48.5 Å². The first-order chi connectivity index (χ1) is 8.59. The molecule has 0 bridgehead atoms. The Kier molecular flexibility index (Phi) is 3.62. The van der Waals surface area contributed by atoms with E-state index in [1.54, 1.807) is 0 Å². The van der Waals surface area contributed by atoms with Gasteiger partial charge in [0.15, 0.2) is 8.24 Å². The van der Waals surface area contributed by atoms with Crippen molar-refractivity contribution in [2.24, 2.45) is 0 Å². The summed E-state index contributed by atoms with van der Waals surface area (Å²) in [6.07, 6.45) is 0. The summed E-state index contributed by atoms with van der Waals surface area (Å²) in [6, 6.07) is 19.5. The largest absolute Gasteiger partial charge is 0.374 e. The van der Waals surface area contributed by atoms with Crippen molar-refractivity contribution in [2.45, 2.75) is 13.1 Å². The lowest BCUT2D eigenvalue weighted by Crippen LogP contribution is -2.57. The Hall–Kier alpha value is -1.87. The van der Waals surface area contributed by atoms with Crippen LogP contribution in [0.5, 0.6) is 0 Å². The molecule has 0 aliphatic carbocycles. The van der Waals surface area contributed by atoms with Gasteiger partial charge in [0.2, 0.25) is 5.91 Å². The molecule has 0 unspecified atom stereocenters. The van der Waals surface area contributed by atoms with E-state index in [9.17, 15) is 4.79 Å². The van der Waals surface area contributed by atoms with Crippen LogP contribution in [-0.2, 0) is 0 Å². The molecule has 18 heavy (non-hydrogen) atoms. The number of rotatable bonds is 3. The van der Waals surface area contributed by atoms with Gasteiger partial charge in [-0.05, 0) is 30.4 Å². The average Bonchev–Trinajstić information content (AvgIpc) is 2.40. The molecule has 0 radical (unpaired) electrons. The maximum Gasteiger partial charge on any atom is 0.243 e. The van der Waals surface area contributed by atoms with Crippen LogP contribution >= 0.6 is 0 Å². The molecule has 2 aromatic carbocycles. The predicted octanol–water partition coefficient (Wildman–Crippen LogP) is 2.53. The van der Waals surface area contributed by atoms with E-state index >= 15 is 0 Å². The molecule has 0 aliphatic rings. The Bertz CT molecular complexity index is 523. The molecule has 0 aliphatic heterocycles. The van der Waals surface area contributed by atoms with Gasteiger partial charge in [0.05, 0.1) is 0 Å². The van der Waals surface area contributed by atoms with E-state index in [1.807, 2.05) is 48.5 Å². The zero-order chi connectivity index (χ0) is 13.0. The molecule has 0 aromatic heterocycles. The number of carbonyl (C=O) groups excluding carboxylic acids is 1. The Morgan fingerprint density at radius 3 is 1.94 bits per heavy atom. The van der Waals surface area contributed by atoms with Crippen LogP contribution < -0.4 is 10.2 Å². The Morgan fingerprint density at radius 1 is 0.889 bits per heavy atom. The monoisotopic (exact) mass is 255 g/mol. The van der Waals surface area contributed by atoms with E-state index in [-0.39, 0.29) is 5.91 Å². The van der Waals surface area contributed by atoms with Crippen LogP contribution in [0.2, 0.25) is 13.1 Å². The highest BCUT2D eigenvalue weighted by molar-refractivity contribution is 6.89. The number of hydrogen-bond donors (Lipinski definition) is 1. The van der Waals surface area contributed by atoms with E-state index in [0.717, 1.165) is 0 Å². The van der Waals surface area contributed by atoms with Crippen molar-refractivity contribution >= 4 is 19.3 Å². The van der Waals surface area contributed by atoms with Gasteiger partial charge in [-0.3, -0.25) is 4.79 Å². The number of amides is 1. The molecule has 3 heteroatoms. The maximum atomic E-state index is 12.2. The van der Waals surface area contributed by atoms with Gasteiger partial charge < -0.3 is 4.98 Å². The normalized spacial score (nSPS) is 11.0. The van der Waals surface area contributed by atoms with E-state index in [2.05, 4.69) is 30.2 Å². The fourth-order valence-corrected chi connectivity index (χ4v) is 3.75. The summed E-state index contributed by atoms with van der Waals surface area (Å²) in [4.78, 5) is 15.3. The molecular weight excluding hydrogens is 238 g/mol. The lowest BCUT2D eigenvalue weighted by molar-refractivity contribution is 0.0978. The molecule has 0 saturated heterocycles. The molecule has 2 nitrogen and oxygen atoms in total. The highest BCUT2D eigenvalue weighted by Gasteiger charge is 2.26. The van der Waals surface area contributed by atoms with Crippen molar-refractivity contribution in [1.29, 1.82) is 0 Å². The molecule has 2 aromatic rings. The second-order valence-corrected chi connectivity index (χ2v) is 8.89. The summed E-state index contributed by atoms with van der Waals surface area (Å²) in [7, 11) is -1.92. The topological polar surface area (TPSA) is 29.1 Å². The Morgan fingerprint density at radius 2 is 1.39 bits per heavy atom. The third-order valence-electron chi connectivity index (χ3n) is 2.96. The average molecular weight is 255 g/mol. The summed E-state index contributed by atoms with van der Waals surface area (Å²) < 4.78 is 0. The van der Waals surface area contributed by atoms with Gasteiger partial charge in [0.1, 0.15) is 0 Å². The van der Waals surface area contributed by atoms with E-state index in [4.69, 9.17) is 0 Å². The Labute approximate surface area is 109 Å². The van der Waals surface area contributed by atoms with Crippen molar-refractivity contribution in [3.63, 3.8) is 0 Å². The number of carbonyl (C=O) groups is 1. The third kappa shape index (κ3) is 2.87. The minimum absolute atomic E-state index is 0.0103. The van der Waals surface area contributed by atoms with Crippen molar-refractivity contribution < 1.29 is 4.79 Å². The fraction of sp³-hybridized carbons (Fsp3) is 0.133. The van der Waals surface area contributed by atoms with Crippen molar-refractivity contribution in [2.75, 3.05) is 0 Å². The van der Waals surface area contributed by atoms with Crippen LogP contribution in [-0.4, -0.2) is 14.1 Å². The number of nitrogens with one attached hydrogen (secondary N) is 1. The minimum atomic E-state index is -1.92. The van der Waals surface area contributed by atoms with Gasteiger partial charge >= 0.3 is 0 Å². The molecule has 2 rings (SSSR count). The maximum absolute atomic E-state index is 12.2. The van der Waals surface area contributed by atoms with E-state index < -0.39 is 8.24 Å². The van der Waals surface area contributed by atoms with Crippen LogP contribution in [0.4, 0.5) is 0 Å². The molecule has 1 amide bonds. The van der Waals surface area contributed by atoms with Crippen LogP contribution in [0.3, 0.4) is 0 Å². The van der Waals surface area contributed by atoms with Gasteiger partial charge in [-0.15, -0.1) is 0 Å². The van der Waals surface area contributed by atoms with Gasteiger partial charge in [-0.25, -0.2) is 0 Å². The summed E-state index contributed by atoms with van der Waals surface area (Å²) >= 11 is 0. The van der Waals surface area contributed by atoms with Crippen LogP contribution in [0, 0.1) is 0 Å². The lowest BCUT2D eigenvalue weighted by atomic mass is 10.2. The third-order valence-corrected chi connectivity index (χ3v) is 5.59. The molecular formula is C15H17NOSi. The summed E-state index contributed by atoms with van der Waals surface area (Å²) in [5, 5.41) is 1.23.